The summed E-state index contributed by atoms with van der Waals surface area (Å²) in [7, 11) is 0. The number of halogens is 5. The van der Waals surface area contributed by atoms with Crippen LogP contribution in [-0.2, 0) is 16.0 Å². The molecule has 8 heteroatoms. The van der Waals surface area contributed by atoms with E-state index in [0.717, 1.165) is 48.7 Å². The molecule has 2 atom stereocenters. The van der Waals surface area contributed by atoms with Crippen LogP contribution in [0.5, 0.6) is 0 Å². The van der Waals surface area contributed by atoms with Gasteiger partial charge in [-0.25, -0.2) is 8.78 Å². The fourth-order valence-corrected chi connectivity index (χ4v) is 4.64. The lowest BCUT2D eigenvalue weighted by molar-refractivity contribution is -0.340. The summed E-state index contributed by atoms with van der Waals surface area (Å²) in [6.45, 7) is 1.37. The number of hydrogen-bond donors (Lipinski definition) is 0. The van der Waals surface area contributed by atoms with E-state index in [1.54, 1.807) is 18.2 Å². The number of carbonyl (C=O) groups is 1. The predicted molar refractivity (Wildman–Crippen MR) is 102 cm³/mol. The van der Waals surface area contributed by atoms with Crippen molar-refractivity contribution in [2.75, 3.05) is 0 Å². The average molecular weight is 432 g/mol. The number of alkyl halides is 4. The van der Waals surface area contributed by atoms with E-state index in [9.17, 15) is 26.7 Å². The normalized spacial score (nSPS) is 23.1. The Balaban J connectivity index is 1.90. The molecule has 1 aromatic rings. The fourth-order valence-electron chi connectivity index (χ4n) is 3.84. The van der Waals surface area contributed by atoms with E-state index >= 15 is 0 Å². The van der Waals surface area contributed by atoms with Crippen LogP contribution in [0, 0.1) is 5.92 Å². The SMILES string of the molecule is CC(=O)Sc1cc(CC2CCCC2)ccc1C1=C(F)C(F)C(OC(F)(F)F)C=C1. The zero-order valence-electron chi connectivity index (χ0n) is 15.8. The maximum atomic E-state index is 14.6. The van der Waals surface area contributed by atoms with Gasteiger partial charge in [-0.05, 0) is 29.5 Å². The number of allylic oxidation sites excluding steroid dienone is 2. The lowest BCUT2D eigenvalue weighted by Crippen LogP contribution is -2.32. The average Bonchev–Trinajstić information content (AvgIpc) is 3.11. The molecule has 1 fully saturated rings. The first-order valence-corrected chi connectivity index (χ1v) is 10.2. The van der Waals surface area contributed by atoms with Crippen molar-refractivity contribution in [1.82, 2.24) is 0 Å². The molecule has 0 heterocycles. The molecule has 2 nitrogen and oxygen atoms in total. The number of thioether (sulfide) groups is 1. The van der Waals surface area contributed by atoms with Crippen molar-refractivity contribution in [2.45, 2.75) is 62.6 Å². The van der Waals surface area contributed by atoms with Crippen molar-refractivity contribution in [1.29, 1.82) is 0 Å². The third-order valence-electron chi connectivity index (χ3n) is 5.10. The van der Waals surface area contributed by atoms with Crippen LogP contribution in [0.4, 0.5) is 22.0 Å². The first-order valence-electron chi connectivity index (χ1n) is 9.42. The molecular formula is C21H21F5O2S. The molecular weight excluding hydrogens is 411 g/mol. The second kappa shape index (κ2) is 9.00. The van der Waals surface area contributed by atoms with E-state index in [1.165, 1.54) is 19.8 Å². The van der Waals surface area contributed by atoms with Gasteiger partial charge in [-0.15, -0.1) is 13.2 Å². The van der Waals surface area contributed by atoms with Crippen LogP contribution < -0.4 is 0 Å². The minimum absolute atomic E-state index is 0.171. The van der Waals surface area contributed by atoms with Crippen LogP contribution in [0.1, 0.15) is 43.7 Å². The van der Waals surface area contributed by atoms with Crippen molar-refractivity contribution >= 4 is 22.5 Å². The molecule has 3 rings (SSSR count). The smallest absolute Gasteiger partial charge is 0.287 e. The molecule has 2 unspecified atom stereocenters. The third-order valence-corrected chi connectivity index (χ3v) is 5.94. The standard InChI is InChI=1S/C21H21F5O2S/c1-12(27)29-18-11-14(10-13-4-2-3-5-13)6-7-15(18)16-8-9-17(20(23)19(16)22)28-21(24,25)26/h6-9,11,13,17,20H,2-5,10H2,1H3. The fraction of sp³-hybridized carbons (Fsp3) is 0.476. The van der Waals surface area contributed by atoms with E-state index in [4.69, 9.17) is 0 Å². The van der Waals surface area contributed by atoms with E-state index in [1.807, 2.05) is 0 Å². The Morgan fingerprint density at radius 2 is 1.93 bits per heavy atom. The Bertz CT molecular complexity index is 825. The Morgan fingerprint density at radius 3 is 2.55 bits per heavy atom. The second-order valence-electron chi connectivity index (χ2n) is 7.33. The molecule has 0 aliphatic heterocycles. The number of rotatable bonds is 5. The number of carbonyl (C=O) groups excluding carboxylic acids is 1. The summed E-state index contributed by atoms with van der Waals surface area (Å²) in [5.74, 6) is -0.771. The van der Waals surface area contributed by atoms with Gasteiger partial charge in [0.2, 0.25) is 0 Å². The number of benzene rings is 1. The zero-order valence-corrected chi connectivity index (χ0v) is 16.6. The van der Waals surface area contributed by atoms with Gasteiger partial charge in [-0.1, -0.05) is 61.7 Å². The molecule has 0 aromatic heterocycles. The van der Waals surface area contributed by atoms with Crippen molar-refractivity contribution < 1.29 is 31.5 Å². The van der Waals surface area contributed by atoms with Gasteiger partial charge in [0.1, 0.15) is 11.9 Å². The highest BCUT2D eigenvalue weighted by atomic mass is 32.2. The topological polar surface area (TPSA) is 26.3 Å². The monoisotopic (exact) mass is 432 g/mol. The van der Waals surface area contributed by atoms with E-state index in [2.05, 4.69) is 4.74 Å². The first kappa shape index (κ1) is 22.0. The molecule has 1 saturated carbocycles. The zero-order chi connectivity index (χ0) is 21.2. The number of ether oxygens (including phenoxy) is 1. The van der Waals surface area contributed by atoms with Crippen LogP contribution in [0.3, 0.4) is 0 Å². The highest BCUT2D eigenvalue weighted by molar-refractivity contribution is 8.13. The summed E-state index contributed by atoms with van der Waals surface area (Å²) >= 11 is 0.898. The van der Waals surface area contributed by atoms with E-state index < -0.39 is 24.5 Å². The van der Waals surface area contributed by atoms with Crippen LogP contribution in [0.25, 0.3) is 5.57 Å². The summed E-state index contributed by atoms with van der Waals surface area (Å²) in [5, 5.41) is -0.222. The summed E-state index contributed by atoms with van der Waals surface area (Å²) in [6, 6.07) is 5.20. The highest BCUT2D eigenvalue weighted by Crippen LogP contribution is 2.39. The lowest BCUT2D eigenvalue weighted by atomic mass is 9.93. The Labute approximate surface area is 170 Å². The van der Waals surface area contributed by atoms with Crippen molar-refractivity contribution in [3.05, 3.63) is 47.3 Å². The first-order chi connectivity index (χ1) is 13.6. The van der Waals surface area contributed by atoms with Crippen LogP contribution >= 0.6 is 11.8 Å². The minimum atomic E-state index is -5.07. The molecule has 0 bridgehead atoms. The molecule has 0 amide bonds. The van der Waals surface area contributed by atoms with Crippen molar-refractivity contribution in [3.63, 3.8) is 0 Å². The molecule has 0 spiro atoms. The summed E-state index contributed by atoms with van der Waals surface area (Å²) < 4.78 is 69.6. The number of hydrogen-bond acceptors (Lipinski definition) is 3. The Kier molecular flexibility index (Phi) is 6.83. The predicted octanol–water partition coefficient (Wildman–Crippen LogP) is 6.55. The lowest BCUT2D eigenvalue weighted by Gasteiger charge is -2.24. The van der Waals surface area contributed by atoms with E-state index in [-0.39, 0.29) is 16.3 Å². The van der Waals surface area contributed by atoms with Crippen molar-refractivity contribution in [3.8, 4) is 0 Å². The van der Waals surface area contributed by atoms with E-state index in [0.29, 0.717) is 10.8 Å². The maximum absolute atomic E-state index is 14.6. The summed E-state index contributed by atoms with van der Waals surface area (Å²) in [6.07, 6.45) is -2.28. The summed E-state index contributed by atoms with van der Waals surface area (Å²) in [4.78, 5) is 12.1. The Hall–Kier alpha value is -1.67. The second-order valence-corrected chi connectivity index (χ2v) is 8.55. The molecule has 1 aromatic carbocycles. The highest BCUT2D eigenvalue weighted by Gasteiger charge is 2.40. The molecule has 158 valence electrons. The minimum Gasteiger partial charge on any atom is -0.287 e. The van der Waals surface area contributed by atoms with Gasteiger partial charge in [-0.2, -0.15) is 0 Å². The van der Waals surface area contributed by atoms with Gasteiger partial charge >= 0.3 is 6.36 Å². The molecule has 0 N–H and O–H groups in total. The van der Waals surface area contributed by atoms with Gasteiger partial charge in [0, 0.05) is 17.4 Å². The van der Waals surface area contributed by atoms with Crippen LogP contribution in [0.15, 0.2) is 41.1 Å². The molecule has 2 aliphatic rings. The quantitative estimate of drug-likeness (QED) is 0.390. The van der Waals surface area contributed by atoms with Gasteiger partial charge in [0.15, 0.2) is 11.3 Å². The van der Waals surface area contributed by atoms with Gasteiger partial charge < -0.3 is 0 Å². The van der Waals surface area contributed by atoms with Crippen molar-refractivity contribution in [2.24, 2.45) is 5.92 Å². The van der Waals surface area contributed by atoms with Gasteiger partial charge in [0.25, 0.3) is 0 Å². The molecule has 0 radical (unpaired) electrons. The molecule has 0 saturated heterocycles. The Morgan fingerprint density at radius 1 is 1.24 bits per heavy atom. The maximum Gasteiger partial charge on any atom is 0.523 e. The van der Waals surface area contributed by atoms with Crippen LogP contribution in [0.2, 0.25) is 0 Å². The van der Waals surface area contributed by atoms with Crippen LogP contribution in [-0.4, -0.2) is 23.8 Å². The van der Waals surface area contributed by atoms with Gasteiger partial charge in [-0.3, -0.25) is 9.53 Å². The third kappa shape index (κ3) is 5.69. The van der Waals surface area contributed by atoms with Gasteiger partial charge in [0.05, 0.1) is 0 Å². The summed E-state index contributed by atoms with van der Waals surface area (Å²) in [5.41, 5.74) is 1.11. The molecule has 29 heavy (non-hydrogen) atoms. The largest absolute Gasteiger partial charge is 0.523 e. The molecule has 2 aliphatic carbocycles.